The van der Waals surface area contributed by atoms with Crippen LogP contribution in [0.2, 0.25) is 0 Å². The first-order valence-corrected chi connectivity index (χ1v) is 6.18. The Kier molecular flexibility index (Phi) is 2.75. The second-order valence-electron chi connectivity index (χ2n) is 4.40. The van der Waals surface area contributed by atoms with E-state index >= 15 is 0 Å². The van der Waals surface area contributed by atoms with Gasteiger partial charge in [-0.1, -0.05) is 0 Å². The van der Waals surface area contributed by atoms with Crippen LogP contribution in [0.15, 0.2) is 0 Å². The predicted octanol–water partition coefficient (Wildman–Crippen LogP) is 1.29. The number of hydrogen-bond acceptors (Lipinski definition) is 3. The third-order valence-electron chi connectivity index (χ3n) is 3.56. The molecule has 0 aromatic heterocycles. The lowest BCUT2D eigenvalue weighted by molar-refractivity contribution is -0.143. The first-order chi connectivity index (χ1) is 6.64. The minimum atomic E-state index is -0.584. The van der Waals surface area contributed by atoms with E-state index in [9.17, 15) is 4.79 Å². The average Bonchev–Trinajstić information content (AvgIpc) is 2.55. The summed E-state index contributed by atoms with van der Waals surface area (Å²) in [6.45, 7) is 2.10. The molecule has 1 N–H and O–H groups in total. The quantitative estimate of drug-likeness (QED) is 0.715. The van der Waals surface area contributed by atoms with Crippen molar-refractivity contribution >= 4 is 17.7 Å². The molecule has 2 saturated heterocycles. The molecular weight excluding hydrogens is 198 g/mol. The maximum atomic E-state index is 11.1. The Hall–Kier alpha value is -0.220. The summed E-state index contributed by atoms with van der Waals surface area (Å²) in [4.78, 5) is 13.4. The lowest BCUT2D eigenvalue weighted by Gasteiger charge is -2.39. The van der Waals surface area contributed by atoms with Crippen LogP contribution < -0.4 is 0 Å². The molecule has 0 bridgehead atoms. The van der Waals surface area contributed by atoms with E-state index in [4.69, 9.17) is 5.11 Å². The highest BCUT2D eigenvalue weighted by molar-refractivity contribution is 8.01. The highest BCUT2D eigenvalue weighted by Crippen LogP contribution is 2.49. The van der Waals surface area contributed by atoms with E-state index in [1.54, 1.807) is 0 Å². The summed E-state index contributed by atoms with van der Waals surface area (Å²) in [5.41, 5.74) is 0. The standard InChI is InChI=1S/C10H17NO2S/c1-11-5-3-10(4-6-11)8(9(12)13)2-7-14-10/h8H,2-7H2,1H3,(H,12,13). The van der Waals surface area contributed by atoms with E-state index < -0.39 is 5.97 Å². The van der Waals surface area contributed by atoms with Crippen molar-refractivity contribution in [2.45, 2.75) is 24.0 Å². The molecule has 4 heteroatoms. The monoisotopic (exact) mass is 215 g/mol. The van der Waals surface area contributed by atoms with Gasteiger partial charge < -0.3 is 10.0 Å². The third kappa shape index (κ3) is 1.65. The fraction of sp³-hybridized carbons (Fsp3) is 0.900. The minimum absolute atomic E-state index is 0.0678. The summed E-state index contributed by atoms with van der Waals surface area (Å²) in [6, 6.07) is 0. The number of hydrogen-bond donors (Lipinski definition) is 1. The van der Waals surface area contributed by atoms with E-state index in [0.29, 0.717) is 0 Å². The van der Waals surface area contributed by atoms with Gasteiger partial charge in [0.15, 0.2) is 0 Å². The summed E-state index contributed by atoms with van der Waals surface area (Å²) in [5.74, 6) is 0.349. The van der Waals surface area contributed by atoms with Crippen molar-refractivity contribution in [3.05, 3.63) is 0 Å². The number of carboxylic acids is 1. The molecule has 1 unspecified atom stereocenters. The third-order valence-corrected chi connectivity index (χ3v) is 5.27. The van der Waals surface area contributed by atoms with E-state index in [1.165, 1.54) is 0 Å². The molecule has 0 aromatic rings. The van der Waals surface area contributed by atoms with E-state index in [-0.39, 0.29) is 10.7 Å². The topological polar surface area (TPSA) is 40.5 Å². The van der Waals surface area contributed by atoms with Crippen LogP contribution in [0, 0.1) is 5.92 Å². The molecule has 2 aliphatic heterocycles. The minimum Gasteiger partial charge on any atom is -0.481 e. The molecule has 0 amide bonds. The van der Waals surface area contributed by atoms with Crippen molar-refractivity contribution < 1.29 is 9.90 Å². The van der Waals surface area contributed by atoms with Crippen LogP contribution in [0.4, 0.5) is 0 Å². The van der Waals surface area contributed by atoms with Crippen molar-refractivity contribution in [2.75, 3.05) is 25.9 Å². The predicted molar refractivity (Wildman–Crippen MR) is 57.7 cm³/mol. The number of carbonyl (C=O) groups is 1. The molecule has 1 spiro atoms. The van der Waals surface area contributed by atoms with Gasteiger partial charge in [0.05, 0.1) is 5.92 Å². The zero-order valence-electron chi connectivity index (χ0n) is 8.53. The van der Waals surface area contributed by atoms with Gasteiger partial charge in [0.1, 0.15) is 0 Å². The van der Waals surface area contributed by atoms with Crippen LogP contribution in [0.1, 0.15) is 19.3 Å². The van der Waals surface area contributed by atoms with Gasteiger partial charge in [-0.25, -0.2) is 0 Å². The van der Waals surface area contributed by atoms with Crippen LogP contribution in [0.25, 0.3) is 0 Å². The Labute approximate surface area is 88.9 Å². The Bertz CT molecular complexity index is 236. The Morgan fingerprint density at radius 2 is 2.14 bits per heavy atom. The second-order valence-corrected chi connectivity index (χ2v) is 5.91. The molecule has 2 aliphatic rings. The van der Waals surface area contributed by atoms with Crippen LogP contribution in [-0.4, -0.2) is 46.6 Å². The molecule has 0 aliphatic carbocycles. The molecule has 2 heterocycles. The molecule has 0 saturated carbocycles. The molecule has 80 valence electrons. The lowest BCUT2D eigenvalue weighted by atomic mass is 9.82. The normalized spacial score (nSPS) is 32.2. The van der Waals surface area contributed by atoms with Crippen molar-refractivity contribution in [3.63, 3.8) is 0 Å². The first kappa shape index (κ1) is 10.3. The molecule has 0 aromatic carbocycles. The Balaban J connectivity index is 2.10. The number of carboxylic acid groups (broad SMARTS) is 1. The fourth-order valence-electron chi connectivity index (χ4n) is 2.58. The molecule has 1 atom stereocenters. The van der Waals surface area contributed by atoms with Gasteiger partial charge in [-0.15, -0.1) is 0 Å². The van der Waals surface area contributed by atoms with Crippen LogP contribution in [-0.2, 0) is 4.79 Å². The second kappa shape index (κ2) is 3.74. The SMILES string of the molecule is CN1CCC2(CC1)SCCC2C(=O)O. The molecule has 2 fully saturated rings. The summed E-state index contributed by atoms with van der Waals surface area (Å²) in [7, 11) is 2.11. The zero-order valence-corrected chi connectivity index (χ0v) is 9.35. The maximum Gasteiger partial charge on any atom is 0.307 e. The van der Waals surface area contributed by atoms with Gasteiger partial charge >= 0.3 is 5.97 Å². The van der Waals surface area contributed by atoms with Crippen LogP contribution in [0.3, 0.4) is 0 Å². The van der Waals surface area contributed by atoms with Crippen molar-refractivity contribution in [2.24, 2.45) is 5.92 Å². The summed E-state index contributed by atoms with van der Waals surface area (Å²) in [5, 5.41) is 9.17. The van der Waals surface area contributed by atoms with Gasteiger partial charge in [0.25, 0.3) is 0 Å². The molecule has 0 radical (unpaired) electrons. The largest absolute Gasteiger partial charge is 0.481 e. The van der Waals surface area contributed by atoms with E-state index in [1.807, 2.05) is 11.8 Å². The number of aliphatic carboxylic acids is 1. The van der Waals surface area contributed by atoms with Gasteiger partial charge in [0, 0.05) is 4.75 Å². The van der Waals surface area contributed by atoms with Gasteiger partial charge in [0.2, 0.25) is 0 Å². The molecule has 14 heavy (non-hydrogen) atoms. The highest BCUT2D eigenvalue weighted by Gasteiger charge is 2.48. The number of thioether (sulfide) groups is 1. The Morgan fingerprint density at radius 3 is 2.71 bits per heavy atom. The van der Waals surface area contributed by atoms with E-state index in [2.05, 4.69) is 11.9 Å². The van der Waals surface area contributed by atoms with Crippen LogP contribution in [0.5, 0.6) is 0 Å². The lowest BCUT2D eigenvalue weighted by Crippen LogP contribution is -2.45. The fourth-order valence-corrected chi connectivity index (χ4v) is 4.23. The van der Waals surface area contributed by atoms with Gasteiger partial charge in [-0.05, 0) is 45.2 Å². The van der Waals surface area contributed by atoms with Gasteiger partial charge in [-0.2, -0.15) is 11.8 Å². The Morgan fingerprint density at radius 1 is 1.50 bits per heavy atom. The first-order valence-electron chi connectivity index (χ1n) is 5.19. The number of rotatable bonds is 1. The van der Waals surface area contributed by atoms with Gasteiger partial charge in [-0.3, -0.25) is 4.79 Å². The van der Waals surface area contributed by atoms with Crippen LogP contribution >= 0.6 is 11.8 Å². The van der Waals surface area contributed by atoms with Crippen molar-refractivity contribution in [1.82, 2.24) is 4.90 Å². The summed E-state index contributed by atoms with van der Waals surface area (Å²) >= 11 is 1.90. The van der Waals surface area contributed by atoms with E-state index in [0.717, 1.165) is 38.1 Å². The smallest absolute Gasteiger partial charge is 0.307 e. The zero-order chi connectivity index (χ0) is 10.2. The summed E-state index contributed by atoms with van der Waals surface area (Å²) in [6.07, 6.45) is 2.96. The number of likely N-dealkylation sites (tertiary alicyclic amines) is 1. The molecular formula is C10H17NO2S. The maximum absolute atomic E-state index is 11.1. The number of nitrogens with zero attached hydrogens (tertiary/aromatic N) is 1. The van der Waals surface area contributed by atoms with Crippen molar-refractivity contribution in [1.29, 1.82) is 0 Å². The number of piperidine rings is 1. The molecule has 2 rings (SSSR count). The highest BCUT2D eigenvalue weighted by atomic mass is 32.2. The summed E-state index contributed by atoms with van der Waals surface area (Å²) < 4.78 is 0.0678. The average molecular weight is 215 g/mol. The van der Waals surface area contributed by atoms with Crippen molar-refractivity contribution in [3.8, 4) is 0 Å². The molecule has 3 nitrogen and oxygen atoms in total.